The zero-order chi connectivity index (χ0) is 16.2. The normalized spacial score (nSPS) is 15.0. The lowest BCUT2D eigenvalue weighted by molar-refractivity contribution is 0.0916. The van der Waals surface area contributed by atoms with Crippen molar-refractivity contribution in [1.29, 1.82) is 0 Å². The van der Waals surface area contributed by atoms with Gasteiger partial charge in [0.25, 0.3) is 5.91 Å². The predicted octanol–water partition coefficient (Wildman–Crippen LogP) is 2.77. The zero-order valence-corrected chi connectivity index (χ0v) is 13.3. The summed E-state index contributed by atoms with van der Waals surface area (Å²) in [5.41, 5.74) is 1.19. The SMILES string of the molecule is O=C(NC[C@@H](O)c1cccc(Cl)c1)c1ccnc(NC2CC2)c1. The summed E-state index contributed by atoms with van der Waals surface area (Å²) in [6.45, 7) is 0.118. The van der Waals surface area contributed by atoms with Gasteiger partial charge in [0.05, 0.1) is 6.10 Å². The lowest BCUT2D eigenvalue weighted by Crippen LogP contribution is -2.28. The summed E-state index contributed by atoms with van der Waals surface area (Å²) in [5, 5.41) is 16.7. The summed E-state index contributed by atoms with van der Waals surface area (Å²) in [6, 6.07) is 10.8. The zero-order valence-electron chi connectivity index (χ0n) is 12.5. The highest BCUT2D eigenvalue weighted by Crippen LogP contribution is 2.23. The summed E-state index contributed by atoms with van der Waals surface area (Å²) in [6.07, 6.45) is 3.09. The minimum Gasteiger partial charge on any atom is -0.387 e. The van der Waals surface area contributed by atoms with Crippen LogP contribution >= 0.6 is 11.6 Å². The van der Waals surface area contributed by atoms with Crippen molar-refractivity contribution in [3.05, 3.63) is 58.7 Å². The van der Waals surface area contributed by atoms with Crippen molar-refractivity contribution in [2.75, 3.05) is 11.9 Å². The number of aliphatic hydroxyl groups is 1. The Hall–Kier alpha value is -2.11. The van der Waals surface area contributed by atoms with Crippen LogP contribution in [0.15, 0.2) is 42.6 Å². The van der Waals surface area contributed by atoms with Gasteiger partial charge in [-0.2, -0.15) is 0 Å². The number of benzene rings is 1. The summed E-state index contributed by atoms with van der Waals surface area (Å²) in [4.78, 5) is 16.4. The fourth-order valence-corrected chi connectivity index (χ4v) is 2.41. The maximum absolute atomic E-state index is 12.2. The molecule has 3 rings (SSSR count). The van der Waals surface area contributed by atoms with Gasteiger partial charge in [0.15, 0.2) is 0 Å². The summed E-state index contributed by atoms with van der Waals surface area (Å²) in [5.74, 6) is 0.461. The Kier molecular flexibility index (Phi) is 4.79. The molecule has 1 aromatic heterocycles. The highest BCUT2D eigenvalue weighted by atomic mass is 35.5. The molecule has 120 valence electrons. The summed E-state index contributed by atoms with van der Waals surface area (Å²) >= 11 is 5.90. The second-order valence-electron chi connectivity index (χ2n) is 5.63. The highest BCUT2D eigenvalue weighted by Gasteiger charge is 2.21. The Morgan fingerprint density at radius 2 is 2.17 bits per heavy atom. The standard InChI is InChI=1S/C17H18ClN3O2/c18-13-3-1-2-11(8-13)15(22)10-20-17(23)12-6-7-19-16(9-12)21-14-4-5-14/h1-3,6-9,14-15,22H,4-5,10H2,(H,19,21)(H,20,23)/t15-/m1/s1. The second-order valence-corrected chi connectivity index (χ2v) is 6.07. The van der Waals surface area contributed by atoms with Gasteiger partial charge in [0.2, 0.25) is 0 Å². The first-order valence-electron chi connectivity index (χ1n) is 7.56. The van der Waals surface area contributed by atoms with Crippen LogP contribution < -0.4 is 10.6 Å². The molecule has 1 aliphatic rings. The van der Waals surface area contributed by atoms with Gasteiger partial charge in [-0.3, -0.25) is 4.79 Å². The van der Waals surface area contributed by atoms with E-state index < -0.39 is 6.10 Å². The number of hydrogen-bond acceptors (Lipinski definition) is 4. The molecule has 1 amide bonds. The first-order chi connectivity index (χ1) is 11.1. The van der Waals surface area contributed by atoms with Crippen molar-refractivity contribution < 1.29 is 9.90 Å². The van der Waals surface area contributed by atoms with Gasteiger partial charge in [-0.25, -0.2) is 4.98 Å². The van der Waals surface area contributed by atoms with Gasteiger partial charge < -0.3 is 15.7 Å². The minimum absolute atomic E-state index is 0.118. The van der Waals surface area contributed by atoms with Crippen molar-refractivity contribution >= 4 is 23.3 Å². The average molecular weight is 332 g/mol. The van der Waals surface area contributed by atoms with Crippen molar-refractivity contribution in [1.82, 2.24) is 10.3 Å². The van der Waals surface area contributed by atoms with E-state index in [1.807, 2.05) is 0 Å². The second kappa shape index (κ2) is 6.98. The van der Waals surface area contributed by atoms with Crippen molar-refractivity contribution in [3.63, 3.8) is 0 Å². The largest absolute Gasteiger partial charge is 0.387 e. The van der Waals surface area contributed by atoms with E-state index >= 15 is 0 Å². The average Bonchev–Trinajstić information content (AvgIpc) is 3.36. The number of rotatable bonds is 6. The Bertz CT molecular complexity index is 704. The van der Waals surface area contributed by atoms with Crippen LogP contribution in [-0.4, -0.2) is 28.6 Å². The van der Waals surface area contributed by atoms with Gasteiger partial charge >= 0.3 is 0 Å². The van der Waals surface area contributed by atoms with Crippen LogP contribution in [0.25, 0.3) is 0 Å². The molecule has 1 saturated carbocycles. The number of hydrogen-bond donors (Lipinski definition) is 3. The number of anilines is 1. The van der Waals surface area contributed by atoms with Gasteiger partial charge in [0.1, 0.15) is 5.82 Å². The number of aromatic nitrogens is 1. The molecular weight excluding hydrogens is 314 g/mol. The Balaban J connectivity index is 1.58. The Morgan fingerprint density at radius 1 is 1.35 bits per heavy atom. The van der Waals surface area contributed by atoms with Crippen LogP contribution in [0.2, 0.25) is 5.02 Å². The van der Waals surface area contributed by atoms with E-state index in [1.165, 1.54) is 0 Å². The maximum Gasteiger partial charge on any atom is 0.251 e. The molecular formula is C17H18ClN3O2. The Morgan fingerprint density at radius 3 is 2.91 bits per heavy atom. The smallest absolute Gasteiger partial charge is 0.251 e. The van der Waals surface area contributed by atoms with E-state index in [0.717, 1.165) is 12.8 Å². The number of pyridine rings is 1. The van der Waals surface area contributed by atoms with E-state index in [-0.39, 0.29) is 12.5 Å². The molecule has 5 nitrogen and oxygen atoms in total. The van der Waals surface area contributed by atoms with Crippen LogP contribution in [0.1, 0.15) is 34.9 Å². The highest BCUT2D eigenvalue weighted by molar-refractivity contribution is 6.30. The first-order valence-corrected chi connectivity index (χ1v) is 7.94. The third-order valence-electron chi connectivity index (χ3n) is 3.64. The molecule has 1 heterocycles. The van der Waals surface area contributed by atoms with E-state index in [9.17, 15) is 9.90 Å². The molecule has 1 aromatic carbocycles. The van der Waals surface area contributed by atoms with Crippen LogP contribution in [0.4, 0.5) is 5.82 Å². The molecule has 0 bridgehead atoms. The lowest BCUT2D eigenvalue weighted by Gasteiger charge is -2.13. The van der Waals surface area contributed by atoms with Gasteiger partial charge in [0, 0.05) is 29.4 Å². The molecule has 0 spiro atoms. The Labute approximate surface area is 139 Å². The molecule has 1 fully saturated rings. The van der Waals surface area contributed by atoms with Crippen LogP contribution in [0, 0.1) is 0 Å². The fourth-order valence-electron chi connectivity index (χ4n) is 2.21. The number of amides is 1. The van der Waals surface area contributed by atoms with Crippen molar-refractivity contribution in [2.45, 2.75) is 25.0 Å². The third-order valence-corrected chi connectivity index (χ3v) is 3.88. The van der Waals surface area contributed by atoms with Gasteiger partial charge in [-0.1, -0.05) is 23.7 Å². The molecule has 1 aliphatic carbocycles. The van der Waals surface area contributed by atoms with Crippen LogP contribution in [0.5, 0.6) is 0 Å². The van der Waals surface area contributed by atoms with Crippen LogP contribution in [0.3, 0.4) is 0 Å². The van der Waals surface area contributed by atoms with Crippen LogP contribution in [-0.2, 0) is 0 Å². The molecule has 23 heavy (non-hydrogen) atoms. The number of nitrogens with zero attached hydrogens (tertiary/aromatic N) is 1. The first kappa shape index (κ1) is 15.8. The number of carbonyl (C=O) groups excluding carboxylic acids is 1. The summed E-state index contributed by atoms with van der Waals surface area (Å²) in [7, 11) is 0. The molecule has 0 radical (unpaired) electrons. The van der Waals surface area contributed by atoms with Crippen molar-refractivity contribution in [3.8, 4) is 0 Å². The van der Waals surface area contributed by atoms with E-state index in [0.29, 0.717) is 28.0 Å². The molecule has 6 heteroatoms. The topological polar surface area (TPSA) is 74.2 Å². The fraction of sp³-hybridized carbons (Fsp3) is 0.294. The van der Waals surface area contributed by atoms with Crippen molar-refractivity contribution in [2.24, 2.45) is 0 Å². The van der Waals surface area contributed by atoms with E-state index in [1.54, 1.807) is 42.6 Å². The number of carbonyl (C=O) groups is 1. The summed E-state index contributed by atoms with van der Waals surface area (Å²) < 4.78 is 0. The molecule has 0 unspecified atom stereocenters. The van der Waals surface area contributed by atoms with Gasteiger partial charge in [-0.05, 0) is 42.7 Å². The van der Waals surface area contributed by atoms with Gasteiger partial charge in [-0.15, -0.1) is 0 Å². The minimum atomic E-state index is -0.802. The number of halogens is 1. The van der Waals surface area contributed by atoms with E-state index in [4.69, 9.17) is 11.6 Å². The number of aliphatic hydroxyl groups excluding tert-OH is 1. The maximum atomic E-state index is 12.2. The molecule has 0 saturated heterocycles. The molecule has 3 N–H and O–H groups in total. The molecule has 2 aromatic rings. The number of nitrogens with one attached hydrogen (secondary N) is 2. The molecule has 0 aliphatic heterocycles. The van der Waals surface area contributed by atoms with E-state index in [2.05, 4.69) is 15.6 Å². The monoisotopic (exact) mass is 331 g/mol. The predicted molar refractivity (Wildman–Crippen MR) is 89.6 cm³/mol. The molecule has 1 atom stereocenters. The lowest BCUT2D eigenvalue weighted by atomic mass is 10.1. The quantitative estimate of drug-likeness (QED) is 0.761. The third kappa shape index (κ3) is 4.43.